The summed E-state index contributed by atoms with van der Waals surface area (Å²) in [4.78, 5) is 3.44. The van der Waals surface area contributed by atoms with Gasteiger partial charge in [-0.2, -0.15) is 0 Å². The fraction of sp³-hybridized carbons (Fsp3) is 0.125. The van der Waals surface area contributed by atoms with Crippen LogP contribution in [-0.4, -0.2) is 12.1 Å². The molecule has 2 heteroatoms. The SMILES string of the molecule is COc1cccc(Cc2cc3ccccc3[nH]2)c1. The molecule has 0 saturated carbocycles. The van der Waals surface area contributed by atoms with Gasteiger partial charge in [-0.3, -0.25) is 0 Å². The highest BCUT2D eigenvalue weighted by atomic mass is 16.5. The van der Waals surface area contributed by atoms with Gasteiger partial charge in [0.2, 0.25) is 0 Å². The number of rotatable bonds is 3. The van der Waals surface area contributed by atoms with Crippen molar-refractivity contribution in [2.75, 3.05) is 7.11 Å². The third-order valence-corrected chi connectivity index (χ3v) is 3.11. The van der Waals surface area contributed by atoms with Crippen molar-refractivity contribution in [2.24, 2.45) is 0 Å². The van der Waals surface area contributed by atoms with Crippen LogP contribution in [0, 0.1) is 0 Å². The number of ether oxygens (including phenoxy) is 1. The summed E-state index contributed by atoms with van der Waals surface area (Å²) in [5.74, 6) is 0.906. The van der Waals surface area contributed by atoms with Crippen LogP contribution >= 0.6 is 0 Å². The molecule has 3 aromatic rings. The Hall–Kier alpha value is -2.22. The van der Waals surface area contributed by atoms with Gasteiger partial charge in [-0.15, -0.1) is 0 Å². The summed E-state index contributed by atoms with van der Waals surface area (Å²) >= 11 is 0. The van der Waals surface area contributed by atoms with Crippen molar-refractivity contribution >= 4 is 10.9 Å². The van der Waals surface area contributed by atoms with Gasteiger partial charge in [-0.05, 0) is 35.2 Å². The molecule has 0 atom stereocenters. The molecule has 0 aliphatic heterocycles. The quantitative estimate of drug-likeness (QED) is 0.737. The van der Waals surface area contributed by atoms with E-state index in [-0.39, 0.29) is 0 Å². The van der Waals surface area contributed by atoms with E-state index in [1.165, 1.54) is 22.2 Å². The van der Waals surface area contributed by atoms with Crippen LogP contribution in [0.5, 0.6) is 5.75 Å². The van der Waals surface area contributed by atoms with Crippen molar-refractivity contribution < 1.29 is 4.74 Å². The molecule has 3 rings (SSSR count). The Kier molecular flexibility index (Phi) is 2.77. The lowest BCUT2D eigenvalue weighted by atomic mass is 10.1. The topological polar surface area (TPSA) is 25.0 Å². The lowest BCUT2D eigenvalue weighted by Gasteiger charge is -2.03. The minimum atomic E-state index is 0.895. The molecule has 0 spiro atoms. The maximum absolute atomic E-state index is 5.24. The molecule has 0 unspecified atom stereocenters. The number of hydrogen-bond acceptors (Lipinski definition) is 1. The zero-order valence-corrected chi connectivity index (χ0v) is 10.3. The third kappa shape index (κ3) is 2.09. The number of hydrogen-bond donors (Lipinski definition) is 1. The highest BCUT2D eigenvalue weighted by Crippen LogP contribution is 2.19. The number of fused-ring (bicyclic) bond motifs is 1. The second kappa shape index (κ2) is 4.57. The number of H-pyrrole nitrogens is 1. The summed E-state index contributed by atoms with van der Waals surface area (Å²) in [7, 11) is 1.70. The van der Waals surface area contributed by atoms with E-state index >= 15 is 0 Å². The van der Waals surface area contributed by atoms with E-state index in [2.05, 4.69) is 41.4 Å². The van der Waals surface area contributed by atoms with Crippen LogP contribution in [0.1, 0.15) is 11.3 Å². The van der Waals surface area contributed by atoms with Crippen LogP contribution in [0.3, 0.4) is 0 Å². The molecule has 0 fully saturated rings. The molecule has 0 bridgehead atoms. The molecular formula is C16H15NO. The first-order valence-electron chi connectivity index (χ1n) is 6.05. The van der Waals surface area contributed by atoms with Crippen molar-refractivity contribution in [3.05, 3.63) is 65.9 Å². The number of para-hydroxylation sites is 1. The van der Waals surface area contributed by atoms with Crippen molar-refractivity contribution in [1.82, 2.24) is 4.98 Å². The van der Waals surface area contributed by atoms with E-state index in [0.717, 1.165) is 12.2 Å². The Balaban J connectivity index is 1.91. The van der Waals surface area contributed by atoms with Gasteiger partial charge in [-0.25, -0.2) is 0 Å². The molecule has 18 heavy (non-hydrogen) atoms. The van der Waals surface area contributed by atoms with Gasteiger partial charge in [0.25, 0.3) is 0 Å². The summed E-state index contributed by atoms with van der Waals surface area (Å²) in [6.07, 6.45) is 0.895. The smallest absolute Gasteiger partial charge is 0.119 e. The first kappa shape index (κ1) is 10.9. The van der Waals surface area contributed by atoms with E-state index in [0.29, 0.717) is 0 Å². The predicted octanol–water partition coefficient (Wildman–Crippen LogP) is 3.77. The number of aromatic amines is 1. The second-order valence-electron chi connectivity index (χ2n) is 4.41. The first-order valence-corrected chi connectivity index (χ1v) is 6.05. The maximum Gasteiger partial charge on any atom is 0.119 e. The van der Waals surface area contributed by atoms with Crippen molar-refractivity contribution in [2.45, 2.75) is 6.42 Å². The number of aromatic nitrogens is 1. The van der Waals surface area contributed by atoms with Crippen LogP contribution < -0.4 is 4.74 Å². The molecule has 1 aromatic heterocycles. The van der Waals surface area contributed by atoms with Gasteiger partial charge >= 0.3 is 0 Å². The largest absolute Gasteiger partial charge is 0.497 e. The van der Waals surface area contributed by atoms with Gasteiger partial charge in [-0.1, -0.05) is 30.3 Å². The van der Waals surface area contributed by atoms with Gasteiger partial charge in [0.1, 0.15) is 5.75 Å². The monoisotopic (exact) mass is 237 g/mol. The van der Waals surface area contributed by atoms with Crippen molar-refractivity contribution in [3.8, 4) is 5.75 Å². The lowest BCUT2D eigenvalue weighted by molar-refractivity contribution is 0.414. The zero-order chi connectivity index (χ0) is 12.4. The molecule has 1 N–H and O–H groups in total. The minimum Gasteiger partial charge on any atom is -0.497 e. The van der Waals surface area contributed by atoms with E-state index in [9.17, 15) is 0 Å². The molecule has 0 aliphatic carbocycles. The van der Waals surface area contributed by atoms with Gasteiger partial charge in [0.05, 0.1) is 7.11 Å². The van der Waals surface area contributed by atoms with Gasteiger partial charge in [0.15, 0.2) is 0 Å². The predicted molar refractivity (Wildman–Crippen MR) is 74.1 cm³/mol. The first-order chi connectivity index (χ1) is 8.85. The summed E-state index contributed by atoms with van der Waals surface area (Å²) in [6, 6.07) is 18.7. The van der Waals surface area contributed by atoms with Crippen LogP contribution in [0.25, 0.3) is 10.9 Å². The minimum absolute atomic E-state index is 0.895. The average molecular weight is 237 g/mol. The molecule has 90 valence electrons. The number of benzene rings is 2. The fourth-order valence-corrected chi connectivity index (χ4v) is 2.23. The van der Waals surface area contributed by atoms with Gasteiger partial charge in [0, 0.05) is 17.6 Å². The van der Waals surface area contributed by atoms with Crippen LogP contribution in [0.2, 0.25) is 0 Å². The van der Waals surface area contributed by atoms with E-state index in [1.807, 2.05) is 18.2 Å². The Morgan fingerprint density at radius 2 is 1.89 bits per heavy atom. The summed E-state index contributed by atoms with van der Waals surface area (Å²) in [6.45, 7) is 0. The average Bonchev–Trinajstić information content (AvgIpc) is 2.81. The number of nitrogens with one attached hydrogen (secondary N) is 1. The molecule has 0 radical (unpaired) electrons. The number of methoxy groups -OCH3 is 1. The standard InChI is InChI=1S/C16H15NO/c1-18-15-7-4-5-12(10-15)9-14-11-13-6-2-3-8-16(13)17-14/h2-8,10-11,17H,9H2,1H3. The third-order valence-electron chi connectivity index (χ3n) is 3.11. The Morgan fingerprint density at radius 3 is 2.72 bits per heavy atom. The van der Waals surface area contributed by atoms with E-state index in [4.69, 9.17) is 4.74 Å². The Labute approximate surface area is 106 Å². The van der Waals surface area contributed by atoms with Crippen LogP contribution in [0.4, 0.5) is 0 Å². The normalized spacial score (nSPS) is 10.7. The molecule has 1 heterocycles. The maximum atomic E-state index is 5.24. The fourth-order valence-electron chi connectivity index (χ4n) is 2.23. The van der Waals surface area contributed by atoms with Crippen molar-refractivity contribution in [1.29, 1.82) is 0 Å². The Morgan fingerprint density at radius 1 is 1.00 bits per heavy atom. The summed E-state index contributed by atoms with van der Waals surface area (Å²) in [5, 5.41) is 1.26. The van der Waals surface area contributed by atoms with Crippen LogP contribution in [0.15, 0.2) is 54.6 Å². The lowest BCUT2D eigenvalue weighted by Crippen LogP contribution is -1.89. The van der Waals surface area contributed by atoms with E-state index < -0.39 is 0 Å². The summed E-state index contributed by atoms with van der Waals surface area (Å²) in [5.41, 5.74) is 3.67. The van der Waals surface area contributed by atoms with Gasteiger partial charge < -0.3 is 9.72 Å². The summed E-state index contributed by atoms with van der Waals surface area (Å²) < 4.78 is 5.24. The molecule has 0 saturated heterocycles. The molecule has 2 aromatic carbocycles. The highest BCUT2D eigenvalue weighted by molar-refractivity contribution is 5.80. The van der Waals surface area contributed by atoms with Crippen LogP contribution in [-0.2, 0) is 6.42 Å². The van der Waals surface area contributed by atoms with Crippen molar-refractivity contribution in [3.63, 3.8) is 0 Å². The highest BCUT2D eigenvalue weighted by Gasteiger charge is 2.02. The Bertz CT molecular complexity index is 636. The van der Waals surface area contributed by atoms with E-state index in [1.54, 1.807) is 7.11 Å². The molecule has 0 aliphatic rings. The second-order valence-corrected chi connectivity index (χ2v) is 4.41. The molecule has 0 amide bonds. The zero-order valence-electron chi connectivity index (χ0n) is 10.3. The molecule has 2 nitrogen and oxygen atoms in total. The molecular weight excluding hydrogens is 222 g/mol.